The third-order valence-electron chi connectivity index (χ3n) is 3.15. The third-order valence-corrected chi connectivity index (χ3v) is 3.15. The number of nitrogens with one attached hydrogen (secondary N) is 1. The summed E-state index contributed by atoms with van der Waals surface area (Å²) in [5.74, 6) is 0.0419. The second kappa shape index (κ2) is 5.24. The van der Waals surface area contributed by atoms with E-state index in [-0.39, 0.29) is 22.9 Å². The SMILES string of the molecule is Cc1ccccc1-c1c(O)nc(C(C)CN)[nH]c1=O. The van der Waals surface area contributed by atoms with Gasteiger partial charge < -0.3 is 15.8 Å². The highest BCUT2D eigenvalue weighted by Crippen LogP contribution is 2.26. The van der Waals surface area contributed by atoms with Gasteiger partial charge in [-0.25, -0.2) is 0 Å². The van der Waals surface area contributed by atoms with Crippen molar-refractivity contribution in [3.63, 3.8) is 0 Å². The largest absolute Gasteiger partial charge is 0.493 e. The Bertz CT molecular complexity index is 649. The Morgan fingerprint density at radius 3 is 2.68 bits per heavy atom. The van der Waals surface area contributed by atoms with Gasteiger partial charge in [0.2, 0.25) is 5.88 Å². The van der Waals surface area contributed by atoms with Gasteiger partial charge in [0.1, 0.15) is 11.4 Å². The van der Waals surface area contributed by atoms with E-state index in [1.54, 1.807) is 6.07 Å². The van der Waals surface area contributed by atoms with Crippen molar-refractivity contribution in [1.82, 2.24) is 9.97 Å². The normalized spacial score (nSPS) is 12.4. The van der Waals surface area contributed by atoms with Crippen LogP contribution >= 0.6 is 0 Å². The van der Waals surface area contributed by atoms with E-state index in [1.807, 2.05) is 32.0 Å². The first kappa shape index (κ1) is 13.3. The molecule has 1 heterocycles. The predicted molar refractivity (Wildman–Crippen MR) is 74.2 cm³/mol. The number of nitrogens with two attached hydrogens (primary N) is 1. The van der Waals surface area contributed by atoms with Gasteiger partial charge in [-0.3, -0.25) is 4.79 Å². The van der Waals surface area contributed by atoms with Crippen LogP contribution in [0, 0.1) is 6.92 Å². The molecule has 0 spiro atoms. The van der Waals surface area contributed by atoms with E-state index >= 15 is 0 Å². The Labute approximate surface area is 111 Å². The van der Waals surface area contributed by atoms with Gasteiger partial charge >= 0.3 is 0 Å². The Morgan fingerprint density at radius 2 is 2.11 bits per heavy atom. The number of benzene rings is 1. The molecule has 2 aromatic rings. The van der Waals surface area contributed by atoms with Gasteiger partial charge in [-0.1, -0.05) is 31.2 Å². The fourth-order valence-electron chi connectivity index (χ4n) is 1.92. The fraction of sp³-hybridized carbons (Fsp3) is 0.286. The number of aromatic amines is 1. The van der Waals surface area contributed by atoms with Gasteiger partial charge in [-0.15, -0.1) is 0 Å². The Hall–Kier alpha value is -2.14. The van der Waals surface area contributed by atoms with Crippen molar-refractivity contribution in [3.8, 4) is 17.0 Å². The molecule has 0 amide bonds. The Kier molecular flexibility index (Phi) is 3.66. The molecule has 0 bridgehead atoms. The van der Waals surface area contributed by atoms with Crippen LogP contribution in [-0.2, 0) is 0 Å². The maximum Gasteiger partial charge on any atom is 0.262 e. The van der Waals surface area contributed by atoms with E-state index in [0.29, 0.717) is 17.9 Å². The summed E-state index contributed by atoms with van der Waals surface area (Å²) in [4.78, 5) is 18.9. The quantitative estimate of drug-likeness (QED) is 0.779. The zero-order chi connectivity index (χ0) is 14.0. The number of hydrogen-bond donors (Lipinski definition) is 3. The van der Waals surface area contributed by atoms with Crippen molar-refractivity contribution in [1.29, 1.82) is 0 Å². The summed E-state index contributed by atoms with van der Waals surface area (Å²) < 4.78 is 0. The monoisotopic (exact) mass is 259 g/mol. The van der Waals surface area contributed by atoms with Crippen LogP contribution in [0.25, 0.3) is 11.1 Å². The molecule has 0 aliphatic heterocycles. The minimum absolute atomic E-state index is 0.107. The maximum absolute atomic E-state index is 12.1. The molecule has 0 saturated carbocycles. The maximum atomic E-state index is 12.1. The van der Waals surface area contributed by atoms with E-state index in [1.165, 1.54) is 0 Å². The van der Waals surface area contributed by atoms with E-state index in [2.05, 4.69) is 9.97 Å². The van der Waals surface area contributed by atoms with E-state index in [4.69, 9.17) is 5.73 Å². The predicted octanol–water partition coefficient (Wildman–Crippen LogP) is 1.51. The molecular weight excluding hydrogens is 242 g/mol. The molecule has 0 radical (unpaired) electrons. The highest BCUT2D eigenvalue weighted by molar-refractivity contribution is 5.70. The highest BCUT2D eigenvalue weighted by Gasteiger charge is 2.16. The first-order valence-electron chi connectivity index (χ1n) is 6.13. The molecule has 19 heavy (non-hydrogen) atoms. The summed E-state index contributed by atoms with van der Waals surface area (Å²) in [7, 11) is 0. The molecular formula is C14H17N3O2. The van der Waals surface area contributed by atoms with Gasteiger partial charge in [0.25, 0.3) is 5.56 Å². The lowest BCUT2D eigenvalue weighted by Gasteiger charge is -2.11. The average Bonchev–Trinajstić information content (AvgIpc) is 2.39. The summed E-state index contributed by atoms with van der Waals surface area (Å²) in [5.41, 5.74) is 6.97. The van der Waals surface area contributed by atoms with Crippen LogP contribution in [0.15, 0.2) is 29.1 Å². The molecule has 0 saturated heterocycles. The minimum Gasteiger partial charge on any atom is -0.493 e. The molecule has 1 unspecified atom stereocenters. The van der Waals surface area contributed by atoms with Crippen LogP contribution in [0.5, 0.6) is 5.88 Å². The van der Waals surface area contributed by atoms with Crippen molar-refractivity contribution >= 4 is 0 Å². The van der Waals surface area contributed by atoms with Crippen molar-refractivity contribution in [2.75, 3.05) is 6.54 Å². The van der Waals surface area contributed by atoms with Crippen molar-refractivity contribution < 1.29 is 5.11 Å². The molecule has 2 rings (SSSR count). The number of hydrogen-bond acceptors (Lipinski definition) is 4. The smallest absolute Gasteiger partial charge is 0.262 e. The lowest BCUT2D eigenvalue weighted by Crippen LogP contribution is -2.19. The molecule has 1 atom stereocenters. The highest BCUT2D eigenvalue weighted by atomic mass is 16.3. The first-order chi connectivity index (χ1) is 9.04. The van der Waals surface area contributed by atoms with Crippen molar-refractivity contribution in [2.24, 2.45) is 5.73 Å². The van der Waals surface area contributed by atoms with Crippen LogP contribution in [0.1, 0.15) is 24.2 Å². The summed E-state index contributed by atoms with van der Waals surface area (Å²) in [6.07, 6.45) is 0. The fourth-order valence-corrected chi connectivity index (χ4v) is 1.92. The van der Waals surface area contributed by atoms with Crippen LogP contribution in [0.4, 0.5) is 0 Å². The molecule has 0 aliphatic rings. The van der Waals surface area contributed by atoms with Gasteiger partial charge in [-0.05, 0) is 18.1 Å². The molecule has 100 valence electrons. The number of nitrogens with zero attached hydrogens (tertiary/aromatic N) is 1. The van der Waals surface area contributed by atoms with Crippen molar-refractivity contribution in [2.45, 2.75) is 19.8 Å². The second-order valence-corrected chi connectivity index (χ2v) is 4.60. The number of H-pyrrole nitrogens is 1. The molecule has 0 aliphatic carbocycles. The second-order valence-electron chi connectivity index (χ2n) is 4.60. The van der Waals surface area contributed by atoms with E-state index < -0.39 is 0 Å². The standard InChI is InChI=1S/C14H17N3O2/c1-8-5-3-4-6-10(8)11-13(18)16-12(9(2)7-15)17-14(11)19/h3-6,9H,7,15H2,1-2H3,(H2,16,17,18,19). The third kappa shape index (κ3) is 2.51. The molecule has 5 heteroatoms. The lowest BCUT2D eigenvalue weighted by molar-refractivity contribution is 0.447. The van der Waals surface area contributed by atoms with Crippen LogP contribution in [0.2, 0.25) is 0 Å². The molecule has 1 aromatic heterocycles. The number of aryl methyl sites for hydroxylation is 1. The number of aromatic nitrogens is 2. The zero-order valence-corrected chi connectivity index (χ0v) is 11.0. The molecule has 5 nitrogen and oxygen atoms in total. The van der Waals surface area contributed by atoms with Crippen LogP contribution in [-0.4, -0.2) is 21.6 Å². The van der Waals surface area contributed by atoms with Crippen LogP contribution < -0.4 is 11.3 Å². The Morgan fingerprint density at radius 1 is 1.42 bits per heavy atom. The van der Waals surface area contributed by atoms with Crippen LogP contribution in [0.3, 0.4) is 0 Å². The van der Waals surface area contributed by atoms with E-state index in [0.717, 1.165) is 5.56 Å². The van der Waals surface area contributed by atoms with Gasteiger partial charge in [0, 0.05) is 12.5 Å². The molecule has 1 aromatic carbocycles. The minimum atomic E-state index is -0.350. The van der Waals surface area contributed by atoms with Crippen molar-refractivity contribution in [3.05, 3.63) is 46.0 Å². The summed E-state index contributed by atoms with van der Waals surface area (Å²) in [6, 6.07) is 7.36. The molecule has 0 fully saturated rings. The zero-order valence-electron chi connectivity index (χ0n) is 11.0. The average molecular weight is 259 g/mol. The molecule has 4 N–H and O–H groups in total. The Balaban J connectivity index is 2.61. The van der Waals surface area contributed by atoms with Gasteiger partial charge in [0.15, 0.2) is 0 Å². The van der Waals surface area contributed by atoms with Gasteiger partial charge in [0.05, 0.1) is 0 Å². The summed E-state index contributed by atoms with van der Waals surface area (Å²) in [5, 5.41) is 10.0. The number of aromatic hydroxyl groups is 1. The lowest BCUT2D eigenvalue weighted by atomic mass is 10.0. The summed E-state index contributed by atoms with van der Waals surface area (Å²) in [6.45, 7) is 4.07. The summed E-state index contributed by atoms with van der Waals surface area (Å²) >= 11 is 0. The number of rotatable bonds is 3. The van der Waals surface area contributed by atoms with E-state index in [9.17, 15) is 9.90 Å². The first-order valence-corrected chi connectivity index (χ1v) is 6.13. The topological polar surface area (TPSA) is 92.0 Å². The van der Waals surface area contributed by atoms with Gasteiger partial charge in [-0.2, -0.15) is 4.98 Å².